The molecule has 0 saturated carbocycles. The molecule has 2 aromatic heterocycles. The molecule has 4 rings (SSSR count). The van der Waals surface area contributed by atoms with Gasteiger partial charge in [0.2, 0.25) is 11.1 Å². The molecule has 8 heteroatoms. The van der Waals surface area contributed by atoms with Crippen molar-refractivity contribution in [3.63, 3.8) is 0 Å². The number of anilines is 1. The topological polar surface area (TPSA) is 92.1 Å². The third-order valence-electron chi connectivity index (χ3n) is 5.16. The molecule has 0 aliphatic rings. The Morgan fingerprint density at radius 2 is 1.87 bits per heavy atom. The van der Waals surface area contributed by atoms with Crippen molar-refractivity contribution in [2.75, 3.05) is 11.1 Å². The molecule has 31 heavy (non-hydrogen) atoms. The number of nitrogens with one attached hydrogen (secondary N) is 2. The van der Waals surface area contributed by atoms with E-state index >= 15 is 0 Å². The number of fused-ring (bicyclic) bond motifs is 1. The summed E-state index contributed by atoms with van der Waals surface area (Å²) in [6.07, 6.45) is 0.958. The highest BCUT2D eigenvalue weighted by Gasteiger charge is 2.14. The fraction of sp³-hybridized carbons (Fsp3) is 0.217. The smallest absolute Gasteiger partial charge is 0.290 e. The normalized spacial score (nSPS) is 11.1. The van der Waals surface area contributed by atoms with Crippen LogP contribution in [0.2, 0.25) is 0 Å². The van der Waals surface area contributed by atoms with Crippen molar-refractivity contribution in [1.82, 2.24) is 19.8 Å². The molecule has 7 nitrogen and oxygen atoms in total. The molecular weight excluding hydrogens is 410 g/mol. The van der Waals surface area contributed by atoms with Crippen LogP contribution in [0.1, 0.15) is 23.6 Å². The highest BCUT2D eigenvalue weighted by atomic mass is 32.2. The number of H-pyrrole nitrogens is 1. The molecule has 0 aliphatic heterocycles. The van der Waals surface area contributed by atoms with Gasteiger partial charge in [0.15, 0.2) is 0 Å². The van der Waals surface area contributed by atoms with Crippen molar-refractivity contribution in [3.8, 4) is 11.3 Å². The number of thioether (sulfide) groups is 1. The van der Waals surface area contributed by atoms with Crippen LogP contribution in [0.3, 0.4) is 0 Å². The van der Waals surface area contributed by atoms with Crippen molar-refractivity contribution in [3.05, 3.63) is 75.6 Å². The minimum absolute atomic E-state index is 0.140. The Morgan fingerprint density at radius 3 is 2.58 bits per heavy atom. The van der Waals surface area contributed by atoms with Gasteiger partial charge in [0.05, 0.1) is 11.4 Å². The minimum Gasteiger partial charge on any atom is -0.325 e. The number of hydrogen-bond donors (Lipinski definition) is 2. The second kappa shape index (κ2) is 8.77. The number of carbonyl (C=O) groups is 1. The lowest BCUT2D eigenvalue weighted by molar-refractivity contribution is -0.113. The van der Waals surface area contributed by atoms with Crippen LogP contribution in [0.15, 0.2) is 58.5 Å². The molecular formula is C23H23N5O2S. The van der Waals surface area contributed by atoms with Crippen LogP contribution in [-0.2, 0) is 11.2 Å². The van der Waals surface area contributed by atoms with E-state index in [1.807, 2.05) is 44.2 Å². The Hall–Kier alpha value is -3.39. The van der Waals surface area contributed by atoms with E-state index in [0.717, 1.165) is 23.2 Å². The third-order valence-corrected chi connectivity index (χ3v) is 6.09. The van der Waals surface area contributed by atoms with Crippen LogP contribution < -0.4 is 10.9 Å². The van der Waals surface area contributed by atoms with Crippen molar-refractivity contribution in [2.24, 2.45) is 0 Å². The lowest BCUT2D eigenvalue weighted by atomic mass is 10.1. The van der Waals surface area contributed by atoms with Crippen LogP contribution in [0.4, 0.5) is 5.69 Å². The van der Waals surface area contributed by atoms with Crippen molar-refractivity contribution < 1.29 is 4.79 Å². The minimum atomic E-state index is -0.326. The van der Waals surface area contributed by atoms with Crippen LogP contribution in [0, 0.1) is 13.8 Å². The molecule has 2 aromatic carbocycles. The van der Waals surface area contributed by atoms with E-state index in [0.29, 0.717) is 16.4 Å². The van der Waals surface area contributed by atoms with Gasteiger partial charge in [-0.05, 0) is 55.2 Å². The maximum Gasteiger partial charge on any atom is 0.290 e. The lowest BCUT2D eigenvalue weighted by Crippen LogP contribution is -2.17. The standard InChI is InChI=1S/C23H23N5O2S/c1-4-16-6-8-17(9-7-16)19-12-20-22(30)25-26-23(28(20)27-19)31-13-21(29)24-18-10-5-14(2)15(3)11-18/h5-12H,4,13H2,1-3H3,(H,24,29)(H,25,30). The number of amides is 1. The fourth-order valence-corrected chi connectivity index (χ4v) is 3.89. The zero-order valence-corrected chi connectivity index (χ0v) is 18.4. The second-order valence-corrected chi connectivity index (χ2v) is 8.29. The zero-order valence-electron chi connectivity index (χ0n) is 17.6. The summed E-state index contributed by atoms with van der Waals surface area (Å²) in [5.41, 5.74) is 5.94. The first-order valence-corrected chi connectivity index (χ1v) is 11.0. The summed E-state index contributed by atoms with van der Waals surface area (Å²) in [5.74, 6) is -0.0153. The molecule has 0 radical (unpaired) electrons. The Kier molecular flexibility index (Phi) is 5.90. The van der Waals surface area contributed by atoms with Gasteiger partial charge in [-0.3, -0.25) is 9.59 Å². The van der Waals surface area contributed by atoms with Gasteiger partial charge in [-0.2, -0.15) is 5.10 Å². The van der Waals surface area contributed by atoms with Gasteiger partial charge in [-0.1, -0.05) is 49.0 Å². The molecule has 0 bridgehead atoms. The van der Waals surface area contributed by atoms with E-state index in [4.69, 9.17) is 0 Å². The van der Waals surface area contributed by atoms with Gasteiger partial charge in [0.25, 0.3) is 5.56 Å². The molecule has 0 aliphatic carbocycles. The molecule has 0 fully saturated rings. The van der Waals surface area contributed by atoms with Crippen molar-refractivity contribution in [2.45, 2.75) is 32.3 Å². The summed E-state index contributed by atoms with van der Waals surface area (Å²) in [6, 6.07) is 15.6. The van der Waals surface area contributed by atoms with E-state index in [1.165, 1.54) is 27.4 Å². The van der Waals surface area contributed by atoms with Gasteiger partial charge in [-0.15, -0.1) is 5.10 Å². The van der Waals surface area contributed by atoms with Gasteiger partial charge in [-0.25, -0.2) is 9.61 Å². The summed E-state index contributed by atoms with van der Waals surface area (Å²) in [7, 11) is 0. The van der Waals surface area contributed by atoms with Gasteiger partial charge in [0, 0.05) is 11.3 Å². The van der Waals surface area contributed by atoms with Gasteiger partial charge in [0.1, 0.15) is 5.52 Å². The first kappa shape index (κ1) is 20.9. The number of aryl methyl sites for hydroxylation is 3. The highest BCUT2D eigenvalue weighted by molar-refractivity contribution is 7.99. The lowest BCUT2D eigenvalue weighted by Gasteiger charge is -2.07. The first-order chi connectivity index (χ1) is 14.9. The predicted octanol–water partition coefficient (Wildman–Crippen LogP) is 3.99. The van der Waals surface area contributed by atoms with Crippen LogP contribution in [-0.4, -0.2) is 31.5 Å². The van der Waals surface area contributed by atoms with Crippen molar-refractivity contribution in [1.29, 1.82) is 0 Å². The molecule has 0 unspecified atom stereocenters. The predicted molar refractivity (Wildman–Crippen MR) is 124 cm³/mol. The average Bonchev–Trinajstić information content (AvgIpc) is 3.22. The molecule has 4 aromatic rings. The second-order valence-electron chi connectivity index (χ2n) is 7.35. The Morgan fingerprint density at radius 1 is 1.10 bits per heavy atom. The van der Waals surface area contributed by atoms with Gasteiger partial charge >= 0.3 is 0 Å². The molecule has 2 N–H and O–H groups in total. The number of hydrogen-bond acceptors (Lipinski definition) is 5. The maximum absolute atomic E-state index is 12.4. The molecule has 0 saturated heterocycles. The van der Waals surface area contributed by atoms with Crippen LogP contribution >= 0.6 is 11.8 Å². The summed E-state index contributed by atoms with van der Waals surface area (Å²) in [4.78, 5) is 24.7. The fourth-order valence-electron chi connectivity index (χ4n) is 3.18. The van der Waals surface area contributed by atoms with E-state index in [1.54, 1.807) is 6.07 Å². The summed E-state index contributed by atoms with van der Waals surface area (Å²) in [5, 5.41) is 14.5. The Bertz CT molecular complexity index is 1310. The monoisotopic (exact) mass is 433 g/mol. The van der Waals surface area contributed by atoms with E-state index in [2.05, 4.69) is 39.7 Å². The quantitative estimate of drug-likeness (QED) is 0.449. The summed E-state index contributed by atoms with van der Waals surface area (Å²) >= 11 is 1.22. The van der Waals surface area contributed by atoms with E-state index < -0.39 is 0 Å². The molecule has 2 heterocycles. The number of aromatic amines is 1. The summed E-state index contributed by atoms with van der Waals surface area (Å²) in [6.45, 7) is 6.14. The number of benzene rings is 2. The van der Waals surface area contributed by atoms with Gasteiger partial charge < -0.3 is 5.32 Å². The Balaban J connectivity index is 1.54. The number of rotatable bonds is 6. The number of carbonyl (C=O) groups excluding carboxylic acids is 1. The van der Waals surface area contributed by atoms with Crippen LogP contribution in [0.25, 0.3) is 16.8 Å². The molecule has 158 valence electrons. The number of nitrogens with zero attached hydrogens (tertiary/aromatic N) is 3. The summed E-state index contributed by atoms with van der Waals surface area (Å²) < 4.78 is 1.50. The third kappa shape index (κ3) is 4.54. The Labute approximate surface area is 183 Å². The SMILES string of the molecule is CCc1ccc(-c2cc3c(=O)[nH]nc(SCC(=O)Nc4ccc(C)c(C)c4)n3n2)cc1. The van der Waals surface area contributed by atoms with Crippen molar-refractivity contribution >= 4 is 28.9 Å². The zero-order chi connectivity index (χ0) is 22.0. The number of aromatic nitrogens is 4. The first-order valence-electron chi connectivity index (χ1n) is 10.0. The molecule has 0 atom stereocenters. The largest absolute Gasteiger partial charge is 0.325 e. The average molecular weight is 434 g/mol. The molecule has 0 spiro atoms. The molecule has 1 amide bonds. The van der Waals surface area contributed by atoms with E-state index in [-0.39, 0.29) is 17.2 Å². The highest BCUT2D eigenvalue weighted by Crippen LogP contribution is 2.22. The maximum atomic E-state index is 12.4. The van der Waals surface area contributed by atoms with E-state index in [9.17, 15) is 9.59 Å². The van der Waals surface area contributed by atoms with Crippen LogP contribution in [0.5, 0.6) is 0 Å².